The molecule has 0 radical (unpaired) electrons. The molecule has 4 rings (SSSR count). The Kier molecular flexibility index (Phi) is 5.64. The first-order valence-electron chi connectivity index (χ1n) is 8.67. The fourth-order valence-corrected chi connectivity index (χ4v) is 3.66. The van der Waals surface area contributed by atoms with Crippen LogP contribution in [-0.4, -0.2) is 24.2 Å². The Balaban J connectivity index is 1.34. The van der Waals surface area contributed by atoms with Gasteiger partial charge in [0.15, 0.2) is 22.3 Å². The first kappa shape index (κ1) is 18.6. The van der Waals surface area contributed by atoms with Crippen LogP contribution in [0.2, 0.25) is 5.02 Å². The minimum Gasteiger partial charge on any atom is -0.486 e. The van der Waals surface area contributed by atoms with Crippen LogP contribution < -0.4 is 14.8 Å². The van der Waals surface area contributed by atoms with Crippen LogP contribution in [0.15, 0.2) is 47.8 Å². The molecule has 2 aromatic carbocycles. The first-order valence-corrected chi connectivity index (χ1v) is 9.93. The zero-order valence-corrected chi connectivity index (χ0v) is 16.4. The van der Waals surface area contributed by atoms with Crippen molar-refractivity contribution in [2.24, 2.45) is 0 Å². The van der Waals surface area contributed by atoms with Gasteiger partial charge in [-0.15, -0.1) is 11.3 Å². The largest absolute Gasteiger partial charge is 0.486 e. The number of hydrogen-bond acceptors (Lipinski definition) is 7. The Morgan fingerprint density at radius 3 is 2.86 bits per heavy atom. The molecular formula is C20H17ClN2O4S. The number of nitrogens with zero attached hydrogens (tertiary/aromatic N) is 1. The molecule has 1 aliphatic rings. The number of ether oxygens (including phenoxy) is 3. The summed E-state index contributed by atoms with van der Waals surface area (Å²) in [6, 6.07) is 13.4. The lowest BCUT2D eigenvalue weighted by Crippen LogP contribution is -2.16. The first-order chi connectivity index (χ1) is 13.7. The monoisotopic (exact) mass is 416 g/mol. The molecule has 1 aromatic heterocycles. The van der Waals surface area contributed by atoms with Crippen LogP contribution in [-0.2, 0) is 17.9 Å². The summed E-state index contributed by atoms with van der Waals surface area (Å²) >= 11 is 7.56. The van der Waals surface area contributed by atoms with Gasteiger partial charge in [0.1, 0.15) is 19.8 Å². The molecule has 0 bridgehead atoms. The number of halogens is 1. The van der Waals surface area contributed by atoms with E-state index in [0.717, 1.165) is 11.1 Å². The number of esters is 1. The van der Waals surface area contributed by atoms with Crippen molar-refractivity contribution in [1.29, 1.82) is 0 Å². The molecule has 28 heavy (non-hydrogen) atoms. The van der Waals surface area contributed by atoms with Crippen molar-refractivity contribution in [1.82, 2.24) is 4.98 Å². The summed E-state index contributed by atoms with van der Waals surface area (Å²) in [5.41, 5.74) is 2.13. The Morgan fingerprint density at radius 1 is 1.18 bits per heavy atom. The van der Waals surface area contributed by atoms with Crippen LogP contribution >= 0.6 is 22.9 Å². The fourth-order valence-electron chi connectivity index (χ4n) is 2.69. The lowest BCUT2D eigenvalue weighted by Gasteiger charge is -2.20. The van der Waals surface area contributed by atoms with Crippen molar-refractivity contribution in [2.75, 3.05) is 18.5 Å². The van der Waals surface area contributed by atoms with Gasteiger partial charge in [0.05, 0.1) is 5.02 Å². The van der Waals surface area contributed by atoms with E-state index < -0.39 is 5.97 Å². The molecule has 8 heteroatoms. The predicted octanol–water partition coefficient (Wildman–Crippen LogP) is 4.54. The molecule has 144 valence electrons. The lowest BCUT2D eigenvalue weighted by molar-refractivity contribution is 0.0466. The summed E-state index contributed by atoms with van der Waals surface area (Å²) in [5, 5.41) is 5.98. The normalized spacial score (nSPS) is 12.5. The highest BCUT2D eigenvalue weighted by Crippen LogP contribution is 2.38. The third kappa shape index (κ3) is 4.37. The number of fused-ring (bicyclic) bond motifs is 1. The summed E-state index contributed by atoms with van der Waals surface area (Å²) in [7, 11) is 0. The molecule has 0 spiro atoms. The quantitative estimate of drug-likeness (QED) is 0.595. The van der Waals surface area contributed by atoms with Gasteiger partial charge in [0, 0.05) is 11.9 Å². The molecule has 0 atom stereocenters. The van der Waals surface area contributed by atoms with Gasteiger partial charge in [0.2, 0.25) is 0 Å². The zero-order valence-electron chi connectivity index (χ0n) is 14.8. The van der Waals surface area contributed by atoms with Crippen molar-refractivity contribution in [3.63, 3.8) is 0 Å². The molecule has 1 aliphatic heterocycles. The maximum Gasteiger partial charge on any atom is 0.358 e. The number of carbonyl (C=O) groups excluding carboxylic acids is 1. The highest BCUT2D eigenvalue weighted by atomic mass is 35.5. The van der Waals surface area contributed by atoms with E-state index in [9.17, 15) is 4.79 Å². The number of nitrogens with one attached hydrogen (secondary N) is 1. The Hall–Kier alpha value is -2.77. The fraction of sp³-hybridized carbons (Fsp3) is 0.200. The van der Waals surface area contributed by atoms with Crippen molar-refractivity contribution in [3.8, 4) is 11.5 Å². The van der Waals surface area contributed by atoms with E-state index in [1.807, 2.05) is 30.3 Å². The molecule has 0 fully saturated rings. The standard InChI is InChI=1S/C20H17ClN2O4S/c21-15-8-14(9-17-18(15)26-7-6-25-17)11-27-19(24)16-12-28-20(23-16)22-10-13-4-2-1-3-5-13/h1-5,8-9,12H,6-7,10-11H2,(H,22,23). The zero-order chi connectivity index (χ0) is 19.3. The average Bonchev–Trinajstić information content (AvgIpc) is 3.20. The minimum atomic E-state index is -0.491. The van der Waals surface area contributed by atoms with Crippen LogP contribution in [0.5, 0.6) is 11.5 Å². The van der Waals surface area contributed by atoms with Gasteiger partial charge in [-0.1, -0.05) is 41.9 Å². The minimum absolute atomic E-state index is 0.0689. The molecule has 2 heterocycles. The van der Waals surface area contributed by atoms with Crippen LogP contribution in [0.3, 0.4) is 0 Å². The van der Waals surface area contributed by atoms with Crippen molar-refractivity contribution in [3.05, 3.63) is 69.7 Å². The maximum atomic E-state index is 12.3. The van der Waals surface area contributed by atoms with E-state index in [4.69, 9.17) is 25.8 Å². The van der Waals surface area contributed by atoms with Gasteiger partial charge in [-0.25, -0.2) is 9.78 Å². The van der Waals surface area contributed by atoms with E-state index in [1.165, 1.54) is 11.3 Å². The van der Waals surface area contributed by atoms with E-state index >= 15 is 0 Å². The highest BCUT2D eigenvalue weighted by Gasteiger charge is 2.18. The Bertz CT molecular complexity index is 978. The SMILES string of the molecule is O=C(OCc1cc(Cl)c2c(c1)OCCO2)c1csc(NCc2ccccc2)n1. The second-order valence-electron chi connectivity index (χ2n) is 6.06. The van der Waals surface area contributed by atoms with Crippen LogP contribution in [0.4, 0.5) is 5.13 Å². The third-order valence-corrected chi connectivity index (χ3v) is 5.11. The van der Waals surface area contributed by atoms with Gasteiger partial charge < -0.3 is 19.5 Å². The highest BCUT2D eigenvalue weighted by molar-refractivity contribution is 7.13. The number of thiazole rings is 1. The number of carbonyl (C=O) groups is 1. The molecule has 0 amide bonds. The molecule has 6 nitrogen and oxygen atoms in total. The summed E-state index contributed by atoms with van der Waals surface area (Å²) in [4.78, 5) is 16.6. The molecule has 0 aliphatic carbocycles. The second kappa shape index (κ2) is 8.50. The van der Waals surface area contributed by atoms with Crippen molar-refractivity contribution >= 4 is 34.0 Å². The van der Waals surface area contributed by atoms with Gasteiger partial charge in [-0.05, 0) is 23.3 Å². The van der Waals surface area contributed by atoms with Gasteiger partial charge >= 0.3 is 5.97 Å². The smallest absolute Gasteiger partial charge is 0.358 e. The van der Waals surface area contributed by atoms with E-state index in [-0.39, 0.29) is 12.3 Å². The average molecular weight is 417 g/mol. The molecule has 3 aromatic rings. The number of aromatic nitrogens is 1. The van der Waals surface area contributed by atoms with Crippen molar-refractivity contribution < 1.29 is 19.0 Å². The topological polar surface area (TPSA) is 69.7 Å². The summed E-state index contributed by atoms with van der Waals surface area (Å²) < 4.78 is 16.4. The molecule has 0 unspecified atom stereocenters. The molecule has 0 saturated carbocycles. The predicted molar refractivity (Wildman–Crippen MR) is 107 cm³/mol. The molecular weight excluding hydrogens is 400 g/mol. The summed E-state index contributed by atoms with van der Waals surface area (Å²) in [6.07, 6.45) is 0. The molecule has 0 saturated heterocycles. The van der Waals surface area contributed by atoms with Gasteiger partial charge in [-0.2, -0.15) is 0 Å². The van der Waals surface area contributed by atoms with Gasteiger partial charge in [0.25, 0.3) is 0 Å². The number of rotatable bonds is 6. The Morgan fingerprint density at radius 2 is 2.00 bits per heavy atom. The van der Waals surface area contributed by atoms with E-state index in [0.29, 0.717) is 41.4 Å². The lowest BCUT2D eigenvalue weighted by atomic mass is 10.2. The number of anilines is 1. The molecule has 1 N–H and O–H groups in total. The number of benzene rings is 2. The third-order valence-electron chi connectivity index (χ3n) is 4.03. The maximum absolute atomic E-state index is 12.3. The van der Waals surface area contributed by atoms with Crippen LogP contribution in [0.25, 0.3) is 0 Å². The van der Waals surface area contributed by atoms with E-state index in [2.05, 4.69) is 10.3 Å². The summed E-state index contributed by atoms with van der Waals surface area (Å²) in [5.74, 6) is 0.595. The second-order valence-corrected chi connectivity index (χ2v) is 7.32. The summed E-state index contributed by atoms with van der Waals surface area (Å²) in [6.45, 7) is 1.63. The van der Waals surface area contributed by atoms with Crippen LogP contribution in [0, 0.1) is 0 Å². The van der Waals surface area contributed by atoms with Crippen LogP contribution in [0.1, 0.15) is 21.6 Å². The number of hydrogen-bond donors (Lipinski definition) is 1. The van der Waals surface area contributed by atoms with Crippen molar-refractivity contribution in [2.45, 2.75) is 13.2 Å². The van der Waals surface area contributed by atoms with Gasteiger partial charge in [-0.3, -0.25) is 0 Å². The Labute approximate surface area is 171 Å². The van der Waals surface area contributed by atoms with E-state index in [1.54, 1.807) is 17.5 Å².